The van der Waals surface area contributed by atoms with Crippen LogP contribution < -0.4 is 10.9 Å². The van der Waals surface area contributed by atoms with Crippen molar-refractivity contribution in [2.24, 2.45) is 17.3 Å². The van der Waals surface area contributed by atoms with Crippen molar-refractivity contribution in [1.29, 1.82) is 0 Å². The van der Waals surface area contributed by atoms with Crippen LogP contribution >= 0.6 is 0 Å². The highest BCUT2D eigenvalue weighted by Gasteiger charge is 2.60. The largest absolute Gasteiger partial charge is 0.273 e. The summed E-state index contributed by atoms with van der Waals surface area (Å²) in [5, 5.41) is 4.23. The Morgan fingerprint density at radius 1 is 1.30 bits per heavy atom. The Hall–Kier alpha value is -2.11. The fourth-order valence-electron chi connectivity index (χ4n) is 3.07. The number of carbonyl (C=O) groups excluding carboxylic acids is 2. The fraction of sp³-hybridized carbons (Fsp3) is 0.588. The van der Waals surface area contributed by atoms with Crippen LogP contribution in [-0.4, -0.2) is 21.6 Å². The first-order valence-electron chi connectivity index (χ1n) is 7.87. The standard InChI is InChI=1S/C17H26N4O2/c1-10(2)7-13-15(17(13,5)6)16(23)19-18-14(22)9-21-12(4)8-11(3)20-21/h7-8,13,15H,9H2,1-6H3,(H,18,22)(H,19,23). The van der Waals surface area contributed by atoms with Gasteiger partial charge in [0.15, 0.2) is 0 Å². The van der Waals surface area contributed by atoms with Crippen LogP contribution in [-0.2, 0) is 16.1 Å². The number of nitrogens with zero attached hydrogens (tertiary/aromatic N) is 2. The summed E-state index contributed by atoms with van der Waals surface area (Å²) in [7, 11) is 0. The molecule has 6 heteroatoms. The van der Waals surface area contributed by atoms with E-state index in [1.54, 1.807) is 4.68 Å². The van der Waals surface area contributed by atoms with Crippen molar-refractivity contribution in [2.45, 2.75) is 48.1 Å². The first-order chi connectivity index (χ1) is 10.6. The molecule has 0 aromatic carbocycles. The van der Waals surface area contributed by atoms with Crippen molar-refractivity contribution >= 4 is 11.8 Å². The van der Waals surface area contributed by atoms with Gasteiger partial charge in [-0.15, -0.1) is 0 Å². The van der Waals surface area contributed by atoms with Gasteiger partial charge in [0.25, 0.3) is 5.91 Å². The Balaban J connectivity index is 1.86. The molecule has 1 saturated carbocycles. The zero-order valence-electron chi connectivity index (χ0n) is 14.7. The number of aromatic nitrogens is 2. The van der Waals surface area contributed by atoms with E-state index in [2.05, 4.69) is 35.9 Å². The van der Waals surface area contributed by atoms with E-state index < -0.39 is 0 Å². The molecule has 0 spiro atoms. The lowest BCUT2D eigenvalue weighted by Gasteiger charge is -2.09. The molecule has 2 N–H and O–H groups in total. The third-order valence-electron chi connectivity index (χ3n) is 4.43. The van der Waals surface area contributed by atoms with E-state index in [9.17, 15) is 9.59 Å². The third-order valence-corrected chi connectivity index (χ3v) is 4.43. The maximum absolute atomic E-state index is 12.3. The SMILES string of the molecule is CC(C)=CC1C(C(=O)NNC(=O)Cn2nc(C)cc2C)C1(C)C. The highest BCUT2D eigenvalue weighted by atomic mass is 16.2. The summed E-state index contributed by atoms with van der Waals surface area (Å²) in [6.45, 7) is 12.0. The van der Waals surface area contributed by atoms with E-state index in [4.69, 9.17) is 0 Å². The van der Waals surface area contributed by atoms with Crippen LogP contribution in [0, 0.1) is 31.1 Å². The van der Waals surface area contributed by atoms with Crippen molar-refractivity contribution in [3.05, 3.63) is 29.1 Å². The number of aryl methyl sites for hydroxylation is 2. The first-order valence-corrected chi connectivity index (χ1v) is 7.87. The predicted molar refractivity (Wildman–Crippen MR) is 88.2 cm³/mol. The topological polar surface area (TPSA) is 76.0 Å². The normalized spacial score (nSPS) is 21.5. The molecule has 0 bridgehead atoms. The molecule has 0 aliphatic heterocycles. The van der Waals surface area contributed by atoms with Crippen LogP contribution in [0.3, 0.4) is 0 Å². The summed E-state index contributed by atoms with van der Waals surface area (Å²) in [6, 6.07) is 1.91. The number of carbonyl (C=O) groups is 2. The second-order valence-electron chi connectivity index (χ2n) is 7.19. The highest BCUT2D eigenvalue weighted by Crippen LogP contribution is 2.59. The van der Waals surface area contributed by atoms with Crippen molar-refractivity contribution < 1.29 is 9.59 Å². The van der Waals surface area contributed by atoms with Gasteiger partial charge in [0.1, 0.15) is 6.54 Å². The molecule has 1 aromatic heterocycles. The molecule has 1 aliphatic carbocycles. The molecule has 2 rings (SSSR count). The van der Waals surface area contributed by atoms with Crippen LogP contribution in [0.15, 0.2) is 17.7 Å². The lowest BCUT2D eigenvalue weighted by molar-refractivity contribution is -0.130. The second kappa shape index (κ2) is 6.18. The number of hydrogen-bond donors (Lipinski definition) is 2. The molecule has 1 aromatic rings. The maximum Gasteiger partial charge on any atom is 0.260 e. The van der Waals surface area contributed by atoms with E-state index in [1.165, 1.54) is 5.57 Å². The van der Waals surface area contributed by atoms with Crippen LogP contribution in [0.1, 0.15) is 39.1 Å². The molecule has 2 amide bonds. The quantitative estimate of drug-likeness (QED) is 0.657. The molecule has 0 radical (unpaired) electrons. The lowest BCUT2D eigenvalue weighted by Crippen LogP contribution is -2.44. The monoisotopic (exact) mass is 318 g/mol. The Morgan fingerprint density at radius 2 is 1.96 bits per heavy atom. The third kappa shape index (κ3) is 3.81. The van der Waals surface area contributed by atoms with Crippen molar-refractivity contribution in [2.75, 3.05) is 0 Å². The summed E-state index contributed by atoms with van der Waals surface area (Å²) in [5.41, 5.74) is 7.93. The zero-order valence-corrected chi connectivity index (χ0v) is 14.7. The van der Waals surface area contributed by atoms with Gasteiger partial charge in [-0.05, 0) is 45.1 Å². The van der Waals surface area contributed by atoms with Gasteiger partial charge < -0.3 is 0 Å². The summed E-state index contributed by atoms with van der Waals surface area (Å²) >= 11 is 0. The van der Waals surface area contributed by atoms with E-state index in [-0.39, 0.29) is 35.6 Å². The molecule has 1 aliphatic rings. The van der Waals surface area contributed by atoms with Gasteiger partial charge in [-0.2, -0.15) is 5.10 Å². The Kier molecular flexibility index (Phi) is 4.63. The fourth-order valence-corrected chi connectivity index (χ4v) is 3.07. The summed E-state index contributed by atoms with van der Waals surface area (Å²) in [5.74, 6) is -0.312. The summed E-state index contributed by atoms with van der Waals surface area (Å²) < 4.78 is 1.61. The number of hydrazine groups is 1. The molecule has 126 valence electrons. The van der Waals surface area contributed by atoms with Crippen LogP contribution in [0.5, 0.6) is 0 Å². The number of hydrogen-bond acceptors (Lipinski definition) is 3. The minimum Gasteiger partial charge on any atom is -0.273 e. The molecule has 6 nitrogen and oxygen atoms in total. The molecule has 2 unspecified atom stereocenters. The summed E-state index contributed by atoms with van der Waals surface area (Å²) in [6.07, 6.45) is 2.13. The van der Waals surface area contributed by atoms with Crippen LogP contribution in [0.25, 0.3) is 0 Å². The smallest absolute Gasteiger partial charge is 0.260 e. The lowest BCUT2D eigenvalue weighted by atomic mass is 10.1. The van der Waals surface area contributed by atoms with Crippen LogP contribution in [0.4, 0.5) is 0 Å². The second-order valence-corrected chi connectivity index (χ2v) is 7.19. The van der Waals surface area contributed by atoms with Gasteiger partial charge >= 0.3 is 0 Å². The molecular weight excluding hydrogens is 292 g/mol. The van der Waals surface area contributed by atoms with E-state index in [0.29, 0.717) is 0 Å². The zero-order chi connectivity index (χ0) is 17.4. The maximum atomic E-state index is 12.3. The van der Waals surface area contributed by atoms with E-state index in [1.807, 2.05) is 33.8 Å². The van der Waals surface area contributed by atoms with Gasteiger partial charge in [0.05, 0.1) is 11.6 Å². The number of amides is 2. The Morgan fingerprint density at radius 3 is 2.48 bits per heavy atom. The number of nitrogens with one attached hydrogen (secondary N) is 2. The van der Waals surface area contributed by atoms with Crippen molar-refractivity contribution in [3.8, 4) is 0 Å². The minimum absolute atomic E-state index is 0.0677. The minimum atomic E-state index is -0.290. The van der Waals surface area contributed by atoms with Gasteiger partial charge in [-0.25, -0.2) is 0 Å². The van der Waals surface area contributed by atoms with Gasteiger partial charge in [0, 0.05) is 5.69 Å². The average Bonchev–Trinajstić information content (AvgIpc) is 2.78. The molecular formula is C17H26N4O2. The average molecular weight is 318 g/mol. The molecule has 1 heterocycles. The van der Waals surface area contributed by atoms with Gasteiger partial charge in [0.2, 0.25) is 5.91 Å². The Bertz CT molecular complexity index is 654. The van der Waals surface area contributed by atoms with Crippen molar-refractivity contribution in [3.63, 3.8) is 0 Å². The molecule has 1 fully saturated rings. The van der Waals surface area contributed by atoms with E-state index >= 15 is 0 Å². The van der Waals surface area contributed by atoms with Gasteiger partial charge in [-0.1, -0.05) is 25.5 Å². The molecule has 0 saturated heterocycles. The Labute approximate surface area is 137 Å². The van der Waals surface area contributed by atoms with Crippen molar-refractivity contribution in [1.82, 2.24) is 20.6 Å². The van der Waals surface area contributed by atoms with Gasteiger partial charge in [-0.3, -0.25) is 25.1 Å². The molecule has 23 heavy (non-hydrogen) atoms. The number of rotatable bonds is 4. The first kappa shape index (κ1) is 17.2. The van der Waals surface area contributed by atoms with Crippen LogP contribution in [0.2, 0.25) is 0 Å². The van der Waals surface area contributed by atoms with E-state index in [0.717, 1.165) is 11.4 Å². The number of allylic oxidation sites excluding steroid dienone is 2. The highest BCUT2D eigenvalue weighted by molar-refractivity contribution is 5.86. The molecule has 2 atom stereocenters. The predicted octanol–water partition coefficient (Wildman–Crippen LogP) is 1.89. The summed E-state index contributed by atoms with van der Waals surface area (Å²) in [4.78, 5) is 24.2.